The average molecular weight is 448 g/mol. The average Bonchev–Trinajstić information content (AvgIpc) is 2.62. The lowest BCUT2D eigenvalue weighted by Crippen LogP contribution is -2.41. The molecular weight excluding hydrogens is 427 g/mol. The molecule has 1 unspecified atom stereocenters. The van der Waals surface area contributed by atoms with Gasteiger partial charge in [0.25, 0.3) is 5.91 Å². The van der Waals surface area contributed by atoms with Gasteiger partial charge in [-0.2, -0.15) is 22.0 Å². The molecule has 0 spiro atoms. The first kappa shape index (κ1) is 24.3. The van der Waals surface area contributed by atoms with Crippen LogP contribution in [0.15, 0.2) is 30.5 Å². The van der Waals surface area contributed by atoms with E-state index in [4.69, 9.17) is 0 Å². The number of nitrogens with one attached hydrogen (secondary N) is 2. The van der Waals surface area contributed by atoms with E-state index in [1.807, 2.05) is 0 Å². The van der Waals surface area contributed by atoms with Crippen molar-refractivity contribution in [3.63, 3.8) is 0 Å². The van der Waals surface area contributed by atoms with Crippen molar-refractivity contribution in [1.29, 1.82) is 0 Å². The van der Waals surface area contributed by atoms with Gasteiger partial charge in [-0.25, -0.2) is 9.97 Å². The summed E-state index contributed by atoms with van der Waals surface area (Å²) < 4.78 is 66.5. The van der Waals surface area contributed by atoms with E-state index in [0.29, 0.717) is 11.3 Å². The topological polar surface area (TPSA) is 96.4 Å². The summed E-state index contributed by atoms with van der Waals surface area (Å²) in [6, 6.07) is 4.05. The van der Waals surface area contributed by atoms with Gasteiger partial charge in [-0.1, -0.05) is 12.1 Å². The molecule has 2 rings (SSSR count). The molecule has 7 nitrogen and oxygen atoms in total. The lowest BCUT2D eigenvalue weighted by molar-refractivity contribution is -0.360. The number of anilines is 2. The van der Waals surface area contributed by atoms with Gasteiger partial charge in [0.15, 0.2) is 11.6 Å². The van der Waals surface area contributed by atoms with Crippen molar-refractivity contribution in [3.8, 4) is 5.75 Å². The van der Waals surface area contributed by atoms with Crippen molar-refractivity contribution in [2.45, 2.75) is 51.6 Å². The number of aromatic nitrogens is 2. The van der Waals surface area contributed by atoms with Gasteiger partial charge in [0.2, 0.25) is 0 Å². The second-order valence-electron chi connectivity index (χ2n) is 7.27. The highest BCUT2D eigenvalue weighted by molar-refractivity contribution is 5.97. The molecule has 1 atom stereocenters. The number of halogens is 5. The Bertz CT molecular complexity index is 928. The Morgan fingerprint density at radius 1 is 1.10 bits per heavy atom. The van der Waals surface area contributed by atoms with Crippen LogP contribution >= 0.6 is 0 Å². The number of hydrogen-bond donors (Lipinski definition) is 3. The highest BCUT2D eigenvalue weighted by atomic mass is 19.4. The number of alkyl halides is 5. The third-order valence-corrected chi connectivity index (χ3v) is 3.99. The zero-order chi connectivity index (χ0) is 23.6. The Morgan fingerprint density at radius 2 is 1.68 bits per heavy atom. The fourth-order valence-electron chi connectivity index (χ4n) is 2.25. The maximum atomic E-state index is 13.0. The molecular formula is C19H21F5N4O3. The summed E-state index contributed by atoms with van der Waals surface area (Å²) in [5.41, 5.74) is -0.663. The highest BCUT2D eigenvalue weighted by Gasteiger charge is 2.61. The smallest absolute Gasteiger partial charge is 0.426 e. The molecule has 12 heteroatoms. The standard InChI is InChI=1S/C19H21F5N4O3/c1-10-9-25-14(15(26-10)28-16(29)17(3,4)30)27-11(2)12-5-7-13(8-6-12)31-19(23,24)18(20,21)22/h5-9,11,30H,1-4H3,(H,25,27)(H,26,28,29). The largest absolute Gasteiger partial charge is 0.499 e. The summed E-state index contributed by atoms with van der Waals surface area (Å²) in [5.74, 6) is -1.15. The normalized spacial score (nSPS) is 13.5. The molecule has 0 fully saturated rings. The van der Waals surface area contributed by atoms with Crippen molar-refractivity contribution in [1.82, 2.24) is 9.97 Å². The van der Waals surface area contributed by atoms with Crippen molar-refractivity contribution in [3.05, 3.63) is 41.7 Å². The molecule has 0 bridgehead atoms. The highest BCUT2D eigenvalue weighted by Crippen LogP contribution is 2.37. The summed E-state index contributed by atoms with van der Waals surface area (Å²) in [5, 5.41) is 15.2. The SMILES string of the molecule is Cc1cnc(NC(C)c2ccc(OC(F)(F)C(F)(F)F)cc2)c(NC(=O)C(C)(C)O)n1. The van der Waals surface area contributed by atoms with Crippen molar-refractivity contribution in [2.75, 3.05) is 10.6 Å². The summed E-state index contributed by atoms with van der Waals surface area (Å²) in [6.07, 6.45) is -9.72. The van der Waals surface area contributed by atoms with E-state index in [2.05, 4.69) is 25.3 Å². The van der Waals surface area contributed by atoms with Crippen LogP contribution in [0, 0.1) is 6.92 Å². The van der Waals surface area contributed by atoms with E-state index in [1.165, 1.54) is 32.2 Å². The first-order valence-electron chi connectivity index (χ1n) is 8.97. The Balaban J connectivity index is 2.17. The van der Waals surface area contributed by atoms with Gasteiger partial charge < -0.3 is 20.5 Å². The molecule has 0 aliphatic rings. The van der Waals surface area contributed by atoms with E-state index in [0.717, 1.165) is 12.1 Å². The predicted octanol–water partition coefficient (Wildman–Crippen LogP) is 4.20. The van der Waals surface area contributed by atoms with E-state index >= 15 is 0 Å². The molecule has 0 saturated carbocycles. The molecule has 1 aromatic heterocycles. The summed E-state index contributed by atoms with van der Waals surface area (Å²) in [6.45, 7) is 5.92. The fourth-order valence-corrected chi connectivity index (χ4v) is 2.25. The van der Waals surface area contributed by atoms with Crippen LogP contribution < -0.4 is 15.4 Å². The van der Waals surface area contributed by atoms with E-state index in [9.17, 15) is 31.9 Å². The number of aryl methyl sites for hydroxylation is 1. The molecule has 0 saturated heterocycles. The minimum atomic E-state index is -5.84. The molecule has 3 N–H and O–H groups in total. The molecule has 1 heterocycles. The Labute approximate surface area is 174 Å². The Morgan fingerprint density at radius 3 is 2.19 bits per heavy atom. The van der Waals surface area contributed by atoms with Crippen LogP contribution in [0.2, 0.25) is 0 Å². The van der Waals surface area contributed by atoms with Gasteiger partial charge in [0.1, 0.15) is 11.4 Å². The maximum Gasteiger partial charge on any atom is 0.499 e. The molecule has 0 radical (unpaired) electrons. The number of aliphatic hydroxyl groups is 1. The van der Waals surface area contributed by atoms with Gasteiger partial charge in [-0.15, -0.1) is 0 Å². The first-order valence-corrected chi connectivity index (χ1v) is 8.97. The molecule has 0 aliphatic carbocycles. The van der Waals surface area contributed by atoms with Crippen LogP contribution in [0.3, 0.4) is 0 Å². The first-order chi connectivity index (χ1) is 14.1. The second kappa shape index (κ2) is 8.61. The quantitative estimate of drug-likeness (QED) is 0.550. The number of amides is 1. The van der Waals surface area contributed by atoms with Crippen LogP contribution in [0.5, 0.6) is 5.75 Å². The minimum absolute atomic E-state index is 0.0590. The third-order valence-electron chi connectivity index (χ3n) is 3.99. The number of carbonyl (C=O) groups is 1. The van der Waals surface area contributed by atoms with Crippen LogP contribution in [0.1, 0.15) is 38.1 Å². The van der Waals surface area contributed by atoms with Crippen LogP contribution in [-0.4, -0.2) is 38.9 Å². The number of hydrogen-bond acceptors (Lipinski definition) is 6. The number of ether oxygens (including phenoxy) is 1. The van der Waals surface area contributed by atoms with Crippen molar-refractivity contribution in [2.24, 2.45) is 0 Å². The van der Waals surface area contributed by atoms with Crippen LogP contribution in [0.25, 0.3) is 0 Å². The number of benzene rings is 1. The second-order valence-corrected chi connectivity index (χ2v) is 7.27. The Kier molecular flexibility index (Phi) is 6.74. The van der Waals surface area contributed by atoms with Gasteiger partial charge in [-0.05, 0) is 45.4 Å². The maximum absolute atomic E-state index is 13.0. The van der Waals surface area contributed by atoms with E-state index in [1.54, 1.807) is 13.8 Å². The molecule has 0 aliphatic heterocycles. The Hall–Kier alpha value is -3.02. The van der Waals surface area contributed by atoms with Gasteiger partial charge in [-0.3, -0.25) is 4.79 Å². The molecule has 2 aromatic rings. The van der Waals surface area contributed by atoms with E-state index < -0.39 is 35.6 Å². The van der Waals surface area contributed by atoms with Gasteiger partial charge >= 0.3 is 12.3 Å². The molecule has 31 heavy (non-hydrogen) atoms. The number of rotatable bonds is 7. The van der Waals surface area contributed by atoms with Crippen LogP contribution in [-0.2, 0) is 4.79 Å². The third kappa shape index (κ3) is 6.23. The summed E-state index contributed by atoms with van der Waals surface area (Å²) >= 11 is 0. The molecule has 1 aromatic carbocycles. The minimum Gasteiger partial charge on any atom is -0.426 e. The van der Waals surface area contributed by atoms with Crippen molar-refractivity contribution >= 4 is 17.5 Å². The lowest BCUT2D eigenvalue weighted by Gasteiger charge is -2.21. The lowest BCUT2D eigenvalue weighted by atomic mass is 10.1. The van der Waals surface area contributed by atoms with Gasteiger partial charge in [0, 0.05) is 0 Å². The van der Waals surface area contributed by atoms with Gasteiger partial charge in [0.05, 0.1) is 17.9 Å². The van der Waals surface area contributed by atoms with Crippen LogP contribution in [0.4, 0.5) is 33.6 Å². The van der Waals surface area contributed by atoms with E-state index in [-0.39, 0.29) is 11.6 Å². The summed E-state index contributed by atoms with van der Waals surface area (Å²) in [4.78, 5) is 20.4. The monoisotopic (exact) mass is 448 g/mol. The zero-order valence-electron chi connectivity index (χ0n) is 17.0. The zero-order valence-corrected chi connectivity index (χ0v) is 17.0. The predicted molar refractivity (Wildman–Crippen MR) is 102 cm³/mol. The number of nitrogens with zero attached hydrogens (tertiary/aromatic N) is 2. The van der Waals surface area contributed by atoms with Crippen molar-refractivity contribution < 1.29 is 36.6 Å². The fraction of sp³-hybridized carbons (Fsp3) is 0.421. The molecule has 170 valence electrons. The molecule has 1 amide bonds. The summed E-state index contributed by atoms with van der Waals surface area (Å²) in [7, 11) is 0. The number of carbonyl (C=O) groups excluding carboxylic acids is 1.